The summed E-state index contributed by atoms with van der Waals surface area (Å²) in [6.07, 6.45) is 5.49. The van der Waals surface area contributed by atoms with Crippen molar-refractivity contribution in [3.8, 4) is 0 Å². The van der Waals surface area contributed by atoms with Crippen LogP contribution >= 0.6 is 0 Å². The normalized spacial score (nSPS) is 31.0. The first-order valence-electron chi connectivity index (χ1n) is 3.04. The monoisotopic (exact) mass is 110 g/mol. The Kier molecular flexibility index (Phi) is 1.69. The van der Waals surface area contributed by atoms with Crippen LogP contribution in [0.4, 0.5) is 0 Å². The van der Waals surface area contributed by atoms with Crippen molar-refractivity contribution in [2.24, 2.45) is 0 Å². The van der Waals surface area contributed by atoms with Gasteiger partial charge in [0.25, 0.3) is 0 Å². The Morgan fingerprint density at radius 1 is 1.75 bits per heavy atom. The quantitative estimate of drug-likeness (QED) is 0.466. The predicted molar refractivity (Wildman–Crippen MR) is 35.3 cm³/mol. The molecule has 0 bridgehead atoms. The average molecular weight is 110 g/mol. The first-order valence-corrected chi connectivity index (χ1v) is 3.04. The highest BCUT2D eigenvalue weighted by atomic mass is 14.9. The van der Waals surface area contributed by atoms with Crippen LogP contribution in [0.2, 0.25) is 0 Å². The van der Waals surface area contributed by atoms with Crippen LogP contribution in [0.1, 0.15) is 20.3 Å². The summed E-state index contributed by atoms with van der Waals surface area (Å²) in [5.41, 5.74) is 0. The second kappa shape index (κ2) is 2.31. The van der Waals surface area contributed by atoms with Crippen LogP contribution in [0.15, 0.2) is 12.2 Å². The van der Waals surface area contributed by atoms with E-state index in [0.29, 0.717) is 6.04 Å². The van der Waals surface area contributed by atoms with Crippen LogP contribution in [-0.2, 0) is 0 Å². The van der Waals surface area contributed by atoms with Gasteiger partial charge in [-0.15, -0.1) is 0 Å². The van der Waals surface area contributed by atoms with Crippen LogP contribution in [0, 0.1) is 6.04 Å². The molecular weight excluding hydrogens is 98.1 g/mol. The Hall–Kier alpha value is -0.300. The van der Waals surface area contributed by atoms with Crippen LogP contribution in [0.25, 0.3) is 0 Å². The molecule has 0 aromatic rings. The summed E-state index contributed by atoms with van der Waals surface area (Å²) in [5, 5.41) is 3.31. The zero-order valence-electron chi connectivity index (χ0n) is 5.44. The minimum absolute atomic E-state index is 0.545. The van der Waals surface area contributed by atoms with Crippen molar-refractivity contribution in [3.63, 3.8) is 0 Å². The molecule has 1 nitrogen and oxygen atoms in total. The summed E-state index contributed by atoms with van der Waals surface area (Å²) in [6, 6.07) is 1.92. The SMILES string of the molecule is C[C]1CC=CC(C)N1. The maximum absolute atomic E-state index is 3.31. The highest BCUT2D eigenvalue weighted by Gasteiger charge is 2.06. The van der Waals surface area contributed by atoms with E-state index in [4.69, 9.17) is 0 Å². The molecule has 0 amide bonds. The van der Waals surface area contributed by atoms with Crippen LogP contribution in [0.5, 0.6) is 0 Å². The number of hydrogen-bond donors (Lipinski definition) is 1. The molecule has 0 spiro atoms. The molecule has 1 heteroatoms. The van der Waals surface area contributed by atoms with Gasteiger partial charge in [0.1, 0.15) is 0 Å². The largest absolute Gasteiger partial charge is 0.303 e. The summed E-state index contributed by atoms with van der Waals surface area (Å²) in [6.45, 7) is 4.28. The molecule has 0 saturated carbocycles. The molecule has 1 N–H and O–H groups in total. The van der Waals surface area contributed by atoms with Gasteiger partial charge in [-0.25, -0.2) is 0 Å². The zero-order valence-corrected chi connectivity index (χ0v) is 5.44. The van der Waals surface area contributed by atoms with Crippen molar-refractivity contribution in [1.29, 1.82) is 0 Å². The Bertz CT molecular complexity index is 96.6. The maximum atomic E-state index is 3.31. The lowest BCUT2D eigenvalue weighted by molar-refractivity contribution is 0.607. The van der Waals surface area contributed by atoms with Crippen molar-refractivity contribution in [3.05, 3.63) is 18.2 Å². The van der Waals surface area contributed by atoms with Gasteiger partial charge in [0.05, 0.1) is 0 Å². The fourth-order valence-electron chi connectivity index (χ4n) is 0.945. The smallest absolute Gasteiger partial charge is 0.0375 e. The van der Waals surface area contributed by atoms with E-state index in [1.165, 1.54) is 6.04 Å². The minimum atomic E-state index is 0.545. The fraction of sp³-hybridized carbons (Fsp3) is 0.571. The van der Waals surface area contributed by atoms with E-state index in [1.807, 2.05) is 0 Å². The second-order valence-electron chi connectivity index (χ2n) is 2.35. The van der Waals surface area contributed by atoms with Gasteiger partial charge in [-0.05, 0) is 20.3 Å². The van der Waals surface area contributed by atoms with Gasteiger partial charge >= 0.3 is 0 Å². The molecule has 1 radical (unpaired) electrons. The number of hydrogen-bond acceptors (Lipinski definition) is 1. The Balaban J connectivity index is 2.42. The van der Waals surface area contributed by atoms with Crippen LogP contribution in [-0.4, -0.2) is 6.04 Å². The molecule has 1 aliphatic heterocycles. The summed E-state index contributed by atoms with van der Waals surface area (Å²) in [4.78, 5) is 0. The lowest BCUT2D eigenvalue weighted by Gasteiger charge is -2.19. The Labute approximate surface area is 50.8 Å². The van der Waals surface area contributed by atoms with E-state index in [9.17, 15) is 0 Å². The first-order chi connectivity index (χ1) is 3.79. The number of rotatable bonds is 0. The van der Waals surface area contributed by atoms with Crippen molar-refractivity contribution in [1.82, 2.24) is 5.32 Å². The molecular formula is C7H12N. The van der Waals surface area contributed by atoms with Crippen LogP contribution in [0.3, 0.4) is 0 Å². The predicted octanol–water partition coefficient (Wildman–Crippen LogP) is 1.48. The molecule has 1 unspecified atom stereocenters. The van der Waals surface area contributed by atoms with E-state index in [0.717, 1.165) is 6.42 Å². The van der Waals surface area contributed by atoms with Gasteiger partial charge in [0.2, 0.25) is 0 Å². The zero-order chi connectivity index (χ0) is 5.98. The summed E-state index contributed by atoms with van der Waals surface area (Å²) >= 11 is 0. The molecule has 0 aromatic heterocycles. The second-order valence-corrected chi connectivity index (χ2v) is 2.35. The van der Waals surface area contributed by atoms with Gasteiger partial charge < -0.3 is 5.32 Å². The maximum Gasteiger partial charge on any atom is 0.0375 e. The molecule has 0 aromatic carbocycles. The highest BCUT2D eigenvalue weighted by molar-refractivity contribution is 5.05. The van der Waals surface area contributed by atoms with Gasteiger partial charge in [0.15, 0.2) is 0 Å². The molecule has 0 fully saturated rings. The standard InChI is InChI=1S/C7H12N/c1-6-4-3-5-7(2)8-6/h3-4,6,8H,5H2,1-2H3. The molecule has 45 valence electrons. The third-order valence-electron chi connectivity index (χ3n) is 1.32. The first kappa shape index (κ1) is 5.83. The third kappa shape index (κ3) is 1.34. The van der Waals surface area contributed by atoms with Crippen molar-refractivity contribution < 1.29 is 0 Å². The van der Waals surface area contributed by atoms with Crippen molar-refractivity contribution in [2.45, 2.75) is 26.3 Å². The molecule has 0 aliphatic carbocycles. The molecule has 8 heavy (non-hydrogen) atoms. The van der Waals surface area contributed by atoms with E-state index < -0.39 is 0 Å². The lowest BCUT2D eigenvalue weighted by Crippen LogP contribution is -2.29. The van der Waals surface area contributed by atoms with Gasteiger partial charge in [-0.1, -0.05) is 12.2 Å². The van der Waals surface area contributed by atoms with Crippen molar-refractivity contribution >= 4 is 0 Å². The summed E-state index contributed by atoms with van der Waals surface area (Å²) < 4.78 is 0. The van der Waals surface area contributed by atoms with Gasteiger partial charge in [-0.3, -0.25) is 0 Å². The molecule has 1 heterocycles. The molecule has 1 rings (SSSR count). The number of nitrogens with one attached hydrogen (secondary N) is 1. The fourth-order valence-corrected chi connectivity index (χ4v) is 0.945. The average Bonchev–Trinajstić information content (AvgIpc) is 1.64. The molecule has 1 atom stereocenters. The third-order valence-corrected chi connectivity index (χ3v) is 1.32. The molecule has 0 saturated heterocycles. The van der Waals surface area contributed by atoms with E-state index >= 15 is 0 Å². The lowest BCUT2D eigenvalue weighted by atomic mass is 10.1. The molecule has 1 aliphatic rings. The Morgan fingerprint density at radius 3 is 2.88 bits per heavy atom. The van der Waals surface area contributed by atoms with Gasteiger partial charge in [0, 0.05) is 12.1 Å². The topological polar surface area (TPSA) is 12.0 Å². The van der Waals surface area contributed by atoms with Crippen molar-refractivity contribution in [2.75, 3.05) is 0 Å². The van der Waals surface area contributed by atoms with E-state index in [1.54, 1.807) is 0 Å². The summed E-state index contributed by atoms with van der Waals surface area (Å²) in [7, 11) is 0. The highest BCUT2D eigenvalue weighted by Crippen LogP contribution is 2.08. The Morgan fingerprint density at radius 2 is 2.50 bits per heavy atom. The summed E-state index contributed by atoms with van der Waals surface area (Å²) in [5.74, 6) is 0. The van der Waals surface area contributed by atoms with E-state index in [-0.39, 0.29) is 0 Å². The van der Waals surface area contributed by atoms with Gasteiger partial charge in [-0.2, -0.15) is 0 Å². The van der Waals surface area contributed by atoms with Crippen LogP contribution < -0.4 is 5.32 Å². The van der Waals surface area contributed by atoms with E-state index in [2.05, 4.69) is 31.3 Å². The minimum Gasteiger partial charge on any atom is -0.303 e.